The van der Waals surface area contributed by atoms with Gasteiger partial charge < -0.3 is 10.0 Å². The monoisotopic (exact) mass is 211 g/mol. The first kappa shape index (κ1) is 10.9. The van der Waals surface area contributed by atoms with Gasteiger partial charge in [0.2, 0.25) is 5.91 Å². The van der Waals surface area contributed by atoms with E-state index >= 15 is 0 Å². The number of carbonyl (C=O) groups is 1. The zero-order valence-corrected chi connectivity index (χ0v) is 9.32. The van der Waals surface area contributed by atoms with Gasteiger partial charge in [-0.1, -0.05) is 12.8 Å². The summed E-state index contributed by atoms with van der Waals surface area (Å²) in [5.74, 6) is 0.970. The number of nitrogens with zero attached hydrogens (tertiary/aromatic N) is 1. The molecule has 0 bridgehead atoms. The average molecular weight is 211 g/mol. The smallest absolute Gasteiger partial charge is 0.225 e. The number of aliphatic hydroxyl groups excluding tert-OH is 1. The number of rotatable bonds is 2. The second kappa shape index (κ2) is 4.97. The number of aliphatic hydroxyl groups is 1. The van der Waals surface area contributed by atoms with Gasteiger partial charge >= 0.3 is 0 Å². The SMILES string of the molecule is O=C(C1CCCC1)N1CCC[C@@H](CO)C1. The van der Waals surface area contributed by atoms with Crippen LogP contribution >= 0.6 is 0 Å². The molecular weight excluding hydrogens is 190 g/mol. The molecular formula is C12H21NO2. The van der Waals surface area contributed by atoms with Gasteiger partial charge in [0.1, 0.15) is 0 Å². The summed E-state index contributed by atoms with van der Waals surface area (Å²) in [5.41, 5.74) is 0. The second-order valence-electron chi connectivity index (χ2n) is 4.96. The first-order chi connectivity index (χ1) is 7.31. The van der Waals surface area contributed by atoms with Crippen molar-refractivity contribution < 1.29 is 9.90 Å². The highest BCUT2D eigenvalue weighted by molar-refractivity contribution is 5.79. The molecule has 1 aliphatic carbocycles. The Balaban J connectivity index is 1.88. The van der Waals surface area contributed by atoms with E-state index in [-0.39, 0.29) is 6.61 Å². The minimum atomic E-state index is 0.231. The molecule has 1 heterocycles. The number of hydrogen-bond acceptors (Lipinski definition) is 2. The first-order valence-electron chi connectivity index (χ1n) is 6.21. The van der Waals surface area contributed by atoms with Crippen molar-refractivity contribution in [1.82, 2.24) is 4.90 Å². The predicted octanol–water partition coefficient (Wildman–Crippen LogP) is 1.41. The number of carbonyl (C=O) groups excluding carboxylic acids is 1. The molecule has 0 unspecified atom stereocenters. The van der Waals surface area contributed by atoms with Crippen LogP contribution in [0.5, 0.6) is 0 Å². The molecule has 0 aromatic heterocycles. The highest BCUT2D eigenvalue weighted by Crippen LogP contribution is 2.28. The predicted molar refractivity (Wildman–Crippen MR) is 58.3 cm³/mol. The Hall–Kier alpha value is -0.570. The molecule has 1 amide bonds. The lowest BCUT2D eigenvalue weighted by molar-refractivity contribution is -0.137. The Morgan fingerprint density at radius 1 is 1.20 bits per heavy atom. The van der Waals surface area contributed by atoms with E-state index in [2.05, 4.69) is 0 Å². The van der Waals surface area contributed by atoms with Crippen molar-refractivity contribution >= 4 is 5.91 Å². The fraction of sp³-hybridized carbons (Fsp3) is 0.917. The second-order valence-corrected chi connectivity index (χ2v) is 4.96. The van der Waals surface area contributed by atoms with Crippen molar-refractivity contribution in [3.05, 3.63) is 0 Å². The number of hydrogen-bond donors (Lipinski definition) is 1. The van der Waals surface area contributed by atoms with Crippen LogP contribution in [0.2, 0.25) is 0 Å². The fourth-order valence-corrected chi connectivity index (χ4v) is 2.85. The van der Waals surface area contributed by atoms with Crippen molar-refractivity contribution in [2.24, 2.45) is 11.8 Å². The van der Waals surface area contributed by atoms with Crippen LogP contribution in [0.1, 0.15) is 38.5 Å². The normalized spacial score (nSPS) is 28.3. The molecule has 0 spiro atoms. The quantitative estimate of drug-likeness (QED) is 0.750. The summed E-state index contributed by atoms with van der Waals surface area (Å²) in [7, 11) is 0. The molecule has 0 aromatic carbocycles. The molecule has 15 heavy (non-hydrogen) atoms. The van der Waals surface area contributed by atoms with Gasteiger partial charge in [-0.25, -0.2) is 0 Å². The molecule has 2 fully saturated rings. The van der Waals surface area contributed by atoms with E-state index < -0.39 is 0 Å². The van der Waals surface area contributed by atoms with E-state index in [0.717, 1.165) is 38.8 Å². The average Bonchev–Trinajstić information content (AvgIpc) is 2.81. The minimum Gasteiger partial charge on any atom is -0.396 e. The summed E-state index contributed by atoms with van der Waals surface area (Å²) in [6, 6.07) is 0. The lowest BCUT2D eigenvalue weighted by Crippen LogP contribution is -2.43. The van der Waals surface area contributed by atoms with E-state index in [9.17, 15) is 4.79 Å². The van der Waals surface area contributed by atoms with Crippen LogP contribution in [-0.4, -0.2) is 35.6 Å². The third kappa shape index (κ3) is 2.51. The van der Waals surface area contributed by atoms with Crippen molar-refractivity contribution in [3.8, 4) is 0 Å². The molecule has 3 heteroatoms. The number of amides is 1. The molecule has 3 nitrogen and oxygen atoms in total. The molecule has 1 N–H and O–H groups in total. The topological polar surface area (TPSA) is 40.5 Å². The van der Waals surface area contributed by atoms with Crippen LogP contribution in [0, 0.1) is 11.8 Å². The minimum absolute atomic E-state index is 0.231. The van der Waals surface area contributed by atoms with Crippen molar-refractivity contribution in [1.29, 1.82) is 0 Å². The molecule has 1 aliphatic heterocycles. The largest absolute Gasteiger partial charge is 0.396 e. The van der Waals surface area contributed by atoms with E-state index in [1.54, 1.807) is 0 Å². The summed E-state index contributed by atoms with van der Waals surface area (Å²) in [6.07, 6.45) is 6.73. The van der Waals surface area contributed by atoms with Gasteiger partial charge in [0.25, 0.3) is 0 Å². The van der Waals surface area contributed by atoms with Crippen LogP contribution in [0.4, 0.5) is 0 Å². The Kier molecular flexibility index (Phi) is 3.62. The van der Waals surface area contributed by atoms with E-state index in [1.807, 2.05) is 4.90 Å². The lowest BCUT2D eigenvalue weighted by Gasteiger charge is -2.33. The van der Waals surface area contributed by atoms with Gasteiger partial charge in [0, 0.05) is 25.6 Å². The maximum atomic E-state index is 12.1. The zero-order chi connectivity index (χ0) is 10.7. The third-order valence-electron chi connectivity index (χ3n) is 3.79. The molecule has 1 saturated carbocycles. The summed E-state index contributed by atoms with van der Waals surface area (Å²) in [5, 5.41) is 9.12. The molecule has 86 valence electrons. The van der Waals surface area contributed by atoms with Gasteiger partial charge in [0.05, 0.1) is 0 Å². The third-order valence-corrected chi connectivity index (χ3v) is 3.79. The summed E-state index contributed by atoms with van der Waals surface area (Å²) >= 11 is 0. The molecule has 0 radical (unpaired) electrons. The Bertz CT molecular complexity index is 224. The van der Waals surface area contributed by atoms with Gasteiger partial charge in [-0.3, -0.25) is 4.79 Å². The molecule has 1 atom stereocenters. The van der Waals surface area contributed by atoms with Gasteiger partial charge in [-0.05, 0) is 31.6 Å². The van der Waals surface area contributed by atoms with E-state index in [4.69, 9.17) is 5.11 Å². The van der Waals surface area contributed by atoms with E-state index in [0.29, 0.717) is 17.7 Å². The van der Waals surface area contributed by atoms with E-state index in [1.165, 1.54) is 12.8 Å². The maximum absolute atomic E-state index is 12.1. The Morgan fingerprint density at radius 2 is 1.93 bits per heavy atom. The van der Waals surface area contributed by atoms with Crippen LogP contribution < -0.4 is 0 Å². The zero-order valence-electron chi connectivity index (χ0n) is 9.32. The van der Waals surface area contributed by atoms with Gasteiger partial charge in [-0.15, -0.1) is 0 Å². The van der Waals surface area contributed by atoms with Gasteiger partial charge in [0.15, 0.2) is 0 Å². The van der Waals surface area contributed by atoms with Crippen LogP contribution in [0.15, 0.2) is 0 Å². The highest BCUT2D eigenvalue weighted by atomic mass is 16.3. The Labute approximate surface area is 91.5 Å². The molecule has 2 aliphatic rings. The van der Waals surface area contributed by atoms with Crippen molar-refractivity contribution in [3.63, 3.8) is 0 Å². The Morgan fingerprint density at radius 3 is 2.60 bits per heavy atom. The van der Waals surface area contributed by atoms with Crippen LogP contribution in [0.3, 0.4) is 0 Å². The van der Waals surface area contributed by atoms with Crippen molar-refractivity contribution in [2.45, 2.75) is 38.5 Å². The molecule has 2 rings (SSSR count). The fourth-order valence-electron chi connectivity index (χ4n) is 2.85. The maximum Gasteiger partial charge on any atom is 0.225 e. The molecule has 0 aromatic rings. The van der Waals surface area contributed by atoms with Crippen LogP contribution in [-0.2, 0) is 4.79 Å². The summed E-state index contributed by atoms with van der Waals surface area (Å²) in [6.45, 7) is 1.92. The summed E-state index contributed by atoms with van der Waals surface area (Å²) < 4.78 is 0. The van der Waals surface area contributed by atoms with Gasteiger partial charge in [-0.2, -0.15) is 0 Å². The molecule has 1 saturated heterocycles. The van der Waals surface area contributed by atoms with Crippen molar-refractivity contribution in [2.75, 3.05) is 19.7 Å². The number of likely N-dealkylation sites (tertiary alicyclic amines) is 1. The summed E-state index contributed by atoms with van der Waals surface area (Å²) in [4.78, 5) is 14.1. The highest BCUT2D eigenvalue weighted by Gasteiger charge is 2.30. The number of piperidine rings is 1. The lowest BCUT2D eigenvalue weighted by atomic mass is 9.97. The van der Waals surface area contributed by atoms with Crippen LogP contribution in [0.25, 0.3) is 0 Å². The first-order valence-corrected chi connectivity index (χ1v) is 6.21. The standard InChI is InChI=1S/C12H21NO2/c14-9-10-4-3-7-13(8-10)12(15)11-5-1-2-6-11/h10-11,14H,1-9H2/t10-/m1/s1.